The Hall–Kier alpha value is -0.510. The van der Waals surface area contributed by atoms with E-state index in [1.165, 1.54) is 21.2 Å². The van der Waals surface area contributed by atoms with E-state index in [0.29, 0.717) is 0 Å². The summed E-state index contributed by atoms with van der Waals surface area (Å²) in [7, 11) is 0. The summed E-state index contributed by atoms with van der Waals surface area (Å²) in [5, 5.41) is 4.17. The standard InChI is InChI=1S/C15H14Br2ClN/c1-9-5-12(6-10(2)15(9)17)19-8-11-3-4-14(18)13(16)7-11/h3-7,19H,8H2,1-2H3. The van der Waals surface area contributed by atoms with Crippen LogP contribution in [0.15, 0.2) is 39.3 Å². The topological polar surface area (TPSA) is 12.0 Å². The van der Waals surface area contributed by atoms with Gasteiger partial charge in [0.15, 0.2) is 0 Å². The maximum absolute atomic E-state index is 5.98. The Bertz CT molecular complexity index is 588. The molecule has 0 aliphatic carbocycles. The lowest BCUT2D eigenvalue weighted by molar-refractivity contribution is 1.14. The highest BCUT2D eigenvalue weighted by Gasteiger charge is 2.03. The van der Waals surface area contributed by atoms with Crippen LogP contribution in [-0.4, -0.2) is 0 Å². The summed E-state index contributed by atoms with van der Waals surface area (Å²) in [4.78, 5) is 0. The fourth-order valence-electron chi connectivity index (χ4n) is 1.90. The van der Waals surface area contributed by atoms with Gasteiger partial charge in [-0.2, -0.15) is 0 Å². The van der Waals surface area contributed by atoms with Crippen molar-refractivity contribution in [1.29, 1.82) is 0 Å². The van der Waals surface area contributed by atoms with E-state index >= 15 is 0 Å². The van der Waals surface area contributed by atoms with Crippen molar-refractivity contribution in [2.45, 2.75) is 20.4 Å². The van der Waals surface area contributed by atoms with Gasteiger partial charge in [0, 0.05) is 21.2 Å². The molecule has 0 saturated heterocycles. The third-order valence-electron chi connectivity index (χ3n) is 2.92. The molecule has 19 heavy (non-hydrogen) atoms. The van der Waals surface area contributed by atoms with Crippen molar-refractivity contribution in [3.05, 3.63) is 61.0 Å². The van der Waals surface area contributed by atoms with E-state index in [9.17, 15) is 0 Å². The maximum atomic E-state index is 5.98. The fraction of sp³-hybridized carbons (Fsp3) is 0.200. The highest BCUT2D eigenvalue weighted by Crippen LogP contribution is 2.26. The largest absolute Gasteiger partial charge is 0.381 e. The lowest BCUT2D eigenvalue weighted by Crippen LogP contribution is -2.00. The molecule has 2 aromatic carbocycles. The first-order chi connectivity index (χ1) is 8.97. The predicted octanol–water partition coefficient (Wildman–Crippen LogP) is 6.09. The zero-order valence-corrected chi connectivity index (χ0v) is 14.7. The summed E-state index contributed by atoms with van der Waals surface area (Å²) in [5.41, 5.74) is 4.79. The molecule has 0 amide bonds. The molecule has 0 radical (unpaired) electrons. The molecule has 100 valence electrons. The van der Waals surface area contributed by atoms with Gasteiger partial charge in [-0.15, -0.1) is 0 Å². The average Bonchev–Trinajstić information content (AvgIpc) is 2.37. The summed E-state index contributed by atoms with van der Waals surface area (Å²) in [6, 6.07) is 10.2. The molecule has 0 spiro atoms. The summed E-state index contributed by atoms with van der Waals surface area (Å²) >= 11 is 13.0. The van der Waals surface area contributed by atoms with E-state index in [4.69, 9.17) is 11.6 Å². The third-order valence-corrected chi connectivity index (χ3v) is 5.38. The van der Waals surface area contributed by atoms with Crippen LogP contribution < -0.4 is 5.32 Å². The van der Waals surface area contributed by atoms with Gasteiger partial charge >= 0.3 is 0 Å². The van der Waals surface area contributed by atoms with Gasteiger partial charge < -0.3 is 5.32 Å². The van der Waals surface area contributed by atoms with Gasteiger partial charge in [-0.25, -0.2) is 0 Å². The van der Waals surface area contributed by atoms with Crippen LogP contribution in [0.1, 0.15) is 16.7 Å². The molecule has 1 nitrogen and oxygen atoms in total. The van der Waals surface area contributed by atoms with Crippen molar-refractivity contribution in [1.82, 2.24) is 0 Å². The molecule has 0 bridgehead atoms. The lowest BCUT2D eigenvalue weighted by atomic mass is 10.1. The maximum Gasteiger partial charge on any atom is 0.0548 e. The molecule has 0 saturated carbocycles. The fourth-order valence-corrected chi connectivity index (χ4v) is 2.67. The minimum atomic E-state index is 0.735. The van der Waals surface area contributed by atoms with E-state index in [-0.39, 0.29) is 0 Å². The molecule has 1 N–H and O–H groups in total. The molecule has 0 atom stereocenters. The zero-order valence-electron chi connectivity index (χ0n) is 10.7. The van der Waals surface area contributed by atoms with Gasteiger partial charge in [-0.05, 0) is 70.7 Å². The Morgan fingerprint density at radius 1 is 1.05 bits per heavy atom. The van der Waals surface area contributed by atoms with Crippen LogP contribution in [0.3, 0.4) is 0 Å². The van der Waals surface area contributed by atoms with Crippen molar-refractivity contribution in [3.8, 4) is 0 Å². The second kappa shape index (κ2) is 6.29. The van der Waals surface area contributed by atoms with Crippen LogP contribution in [0.2, 0.25) is 5.02 Å². The molecule has 0 unspecified atom stereocenters. The van der Waals surface area contributed by atoms with E-state index in [1.807, 2.05) is 18.2 Å². The average molecular weight is 404 g/mol. The van der Waals surface area contributed by atoms with E-state index in [1.54, 1.807) is 0 Å². The van der Waals surface area contributed by atoms with Crippen LogP contribution in [0, 0.1) is 13.8 Å². The summed E-state index contributed by atoms with van der Waals surface area (Å²) < 4.78 is 2.10. The first-order valence-electron chi connectivity index (χ1n) is 5.92. The summed E-state index contributed by atoms with van der Waals surface area (Å²) in [5.74, 6) is 0. The van der Waals surface area contributed by atoms with Crippen LogP contribution >= 0.6 is 43.5 Å². The number of anilines is 1. The van der Waals surface area contributed by atoms with Crippen molar-refractivity contribution in [3.63, 3.8) is 0 Å². The number of rotatable bonds is 3. The second-order valence-corrected chi connectivity index (χ2v) is 6.58. The first kappa shape index (κ1) is 14.9. The van der Waals surface area contributed by atoms with Crippen LogP contribution in [0.25, 0.3) is 0 Å². The highest BCUT2D eigenvalue weighted by molar-refractivity contribution is 9.10. The Morgan fingerprint density at radius 3 is 2.26 bits per heavy atom. The van der Waals surface area contributed by atoms with Crippen LogP contribution in [-0.2, 0) is 6.54 Å². The molecule has 4 heteroatoms. The molecule has 0 heterocycles. The molecule has 0 aromatic heterocycles. The molecule has 2 aromatic rings. The molecule has 0 aliphatic rings. The number of nitrogens with one attached hydrogen (secondary N) is 1. The number of aryl methyl sites for hydroxylation is 2. The zero-order chi connectivity index (χ0) is 14.0. The quantitative estimate of drug-likeness (QED) is 0.653. The second-order valence-electron chi connectivity index (χ2n) is 4.53. The Labute approximate surface area is 135 Å². The SMILES string of the molecule is Cc1cc(NCc2ccc(Cl)c(Br)c2)cc(C)c1Br. The van der Waals surface area contributed by atoms with Gasteiger partial charge in [0.05, 0.1) is 5.02 Å². The molecule has 0 aliphatic heterocycles. The highest BCUT2D eigenvalue weighted by atomic mass is 79.9. The number of hydrogen-bond acceptors (Lipinski definition) is 1. The van der Waals surface area contributed by atoms with E-state index < -0.39 is 0 Å². The number of halogens is 3. The summed E-state index contributed by atoms with van der Waals surface area (Å²) in [6.07, 6.45) is 0. The predicted molar refractivity (Wildman–Crippen MR) is 90.1 cm³/mol. The number of hydrogen-bond donors (Lipinski definition) is 1. The van der Waals surface area contributed by atoms with Gasteiger partial charge in [0.25, 0.3) is 0 Å². The smallest absolute Gasteiger partial charge is 0.0548 e. The van der Waals surface area contributed by atoms with Crippen LogP contribution in [0.5, 0.6) is 0 Å². The molecular formula is C15H14Br2ClN. The Morgan fingerprint density at radius 2 is 1.68 bits per heavy atom. The minimum absolute atomic E-state index is 0.735. The van der Waals surface area contributed by atoms with E-state index in [0.717, 1.165) is 21.7 Å². The lowest BCUT2D eigenvalue weighted by Gasteiger charge is -2.11. The monoisotopic (exact) mass is 401 g/mol. The van der Waals surface area contributed by atoms with Crippen molar-refractivity contribution in [2.75, 3.05) is 5.32 Å². The minimum Gasteiger partial charge on any atom is -0.381 e. The molecule has 2 rings (SSSR count). The van der Waals surface area contributed by atoms with Crippen LogP contribution in [0.4, 0.5) is 5.69 Å². The van der Waals surface area contributed by atoms with Gasteiger partial charge in [0.1, 0.15) is 0 Å². The van der Waals surface area contributed by atoms with Gasteiger partial charge in [0.2, 0.25) is 0 Å². The van der Waals surface area contributed by atoms with Crippen molar-refractivity contribution >= 4 is 49.1 Å². The van der Waals surface area contributed by atoms with Gasteiger partial charge in [-0.1, -0.05) is 33.6 Å². The Kier molecular flexibility index (Phi) is 4.93. The third kappa shape index (κ3) is 3.74. The molecule has 0 fully saturated rings. The normalized spacial score (nSPS) is 10.6. The Balaban J connectivity index is 2.12. The van der Waals surface area contributed by atoms with Crippen molar-refractivity contribution in [2.24, 2.45) is 0 Å². The van der Waals surface area contributed by atoms with E-state index in [2.05, 4.69) is 63.2 Å². The van der Waals surface area contributed by atoms with Crippen molar-refractivity contribution < 1.29 is 0 Å². The summed E-state index contributed by atoms with van der Waals surface area (Å²) in [6.45, 7) is 4.97. The number of benzene rings is 2. The molecular weight excluding hydrogens is 389 g/mol. The van der Waals surface area contributed by atoms with Gasteiger partial charge in [-0.3, -0.25) is 0 Å². The first-order valence-corrected chi connectivity index (χ1v) is 7.88.